The number of aromatic nitrogens is 1. The zero-order valence-corrected chi connectivity index (χ0v) is 9.97. The molecule has 0 amide bonds. The number of nitrogen functional groups attached to an aromatic ring is 1. The Morgan fingerprint density at radius 1 is 1.31 bits per heavy atom. The molecule has 1 heterocycles. The predicted molar refractivity (Wildman–Crippen MR) is 68.1 cm³/mol. The molecule has 0 aliphatic carbocycles. The van der Waals surface area contributed by atoms with E-state index in [0.717, 1.165) is 22.2 Å². The Balaban J connectivity index is 0.00000128. The van der Waals surface area contributed by atoms with E-state index in [-0.39, 0.29) is 12.4 Å². The van der Waals surface area contributed by atoms with Crippen molar-refractivity contribution in [3.63, 3.8) is 0 Å². The van der Waals surface area contributed by atoms with Crippen molar-refractivity contribution in [2.24, 2.45) is 5.84 Å². The number of hydrazine groups is 1. The highest BCUT2D eigenvalue weighted by Crippen LogP contribution is 2.24. The summed E-state index contributed by atoms with van der Waals surface area (Å²) in [4.78, 5) is 4.34. The molecule has 0 atom stereocenters. The van der Waals surface area contributed by atoms with Crippen LogP contribution < -0.4 is 16.0 Å². The van der Waals surface area contributed by atoms with Gasteiger partial charge in [-0.1, -0.05) is 0 Å². The van der Waals surface area contributed by atoms with Gasteiger partial charge in [0.2, 0.25) is 0 Å². The lowest BCUT2D eigenvalue weighted by molar-refractivity contribution is 0.415. The van der Waals surface area contributed by atoms with Gasteiger partial charge in [-0.2, -0.15) is 0 Å². The maximum absolute atomic E-state index is 5.33. The van der Waals surface area contributed by atoms with E-state index in [2.05, 4.69) is 10.4 Å². The molecule has 0 aliphatic heterocycles. The number of rotatable bonds is 2. The third-order valence-electron chi connectivity index (χ3n) is 2.37. The fourth-order valence-electron chi connectivity index (χ4n) is 1.57. The van der Waals surface area contributed by atoms with Gasteiger partial charge in [-0.15, -0.1) is 12.4 Å². The molecule has 1 aromatic carbocycles. The molecule has 0 aliphatic rings. The Morgan fingerprint density at radius 3 is 2.69 bits per heavy atom. The SMILES string of the molecule is COc1ccc2nc(NN)cc(C)c2c1.Cl. The van der Waals surface area contributed by atoms with Gasteiger partial charge in [0, 0.05) is 5.39 Å². The molecular formula is C11H14ClN3O. The number of pyridine rings is 1. The molecule has 16 heavy (non-hydrogen) atoms. The number of fused-ring (bicyclic) bond motifs is 1. The second-order valence-corrected chi connectivity index (χ2v) is 3.35. The van der Waals surface area contributed by atoms with Gasteiger partial charge in [-0.3, -0.25) is 0 Å². The number of aryl methyl sites for hydroxylation is 1. The second-order valence-electron chi connectivity index (χ2n) is 3.35. The van der Waals surface area contributed by atoms with Crippen LogP contribution in [0.15, 0.2) is 24.3 Å². The monoisotopic (exact) mass is 239 g/mol. The minimum absolute atomic E-state index is 0. The van der Waals surface area contributed by atoms with Crippen molar-refractivity contribution in [2.45, 2.75) is 6.92 Å². The first kappa shape index (κ1) is 12.5. The Hall–Kier alpha value is -1.52. The number of hydrogen-bond donors (Lipinski definition) is 2. The van der Waals surface area contributed by atoms with Gasteiger partial charge in [0.1, 0.15) is 11.6 Å². The Morgan fingerprint density at radius 2 is 2.06 bits per heavy atom. The number of nitrogens with zero attached hydrogens (tertiary/aromatic N) is 1. The third-order valence-corrected chi connectivity index (χ3v) is 2.37. The number of ether oxygens (including phenoxy) is 1. The van der Waals surface area contributed by atoms with Crippen LogP contribution in [0.25, 0.3) is 10.9 Å². The van der Waals surface area contributed by atoms with Gasteiger partial charge in [0.15, 0.2) is 0 Å². The summed E-state index contributed by atoms with van der Waals surface area (Å²) < 4.78 is 5.17. The molecule has 0 unspecified atom stereocenters. The van der Waals surface area contributed by atoms with Crippen molar-refractivity contribution >= 4 is 29.1 Å². The molecule has 0 saturated carbocycles. The molecule has 5 heteroatoms. The summed E-state index contributed by atoms with van der Waals surface area (Å²) in [7, 11) is 1.65. The summed E-state index contributed by atoms with van der Waals surface area (Å²) in [6.45, 7) is 2.02. The first-order chi connectivity index (χ1) is 7.24. The van der Waals surface area contributed by atoms with Crippen LogP contribution in [0.5, 0.6) is 5.75 Å². The average molecular weight is 240 g/mol. The van der Waals surface area contributed by atoms with E-state index < -0.39 is 0 Å². The van der Waals surface area contributed by atoms with E-state index in [0.29, 0.717) is 5.82 Å². The summed E-state index contributed by atoms with van der Waals surface area (Å²) in [5.74, 6) is 6.83. The van der Waals surface area contributed by atoms with Crippen LogP contribution in [0.2, 0.25) is 0 Å². The highest BCUT2D eigenvalue weighted by Gasteiger charge is 2.03. The average Bonchev–Trinajstić information content (AvgIpc) is 2.28. The van der Waals surface area contributed by atoms with Gasteiger partial charge >= 0.3 is 0 Å². The molecule has 0 bridgehead atoms. The largest absolute Gasteiger partial charge is 0.497 e. The van der Waals surface area contributed by atoms with Gasteiger partial charge in [0.25, 0.3) is 0 Å². The van der Waals surface area contributed by atoms with E-state index >= 15 is 0 Å². The highest BCUT2D eigenvalue weighted by molar-refractivity contribution is 5.85. The first-order valence-corrected chi connectivity index (χ1v) is 4.66. The molecule has 1 aromatic heterocycles. The molecule has 0 saturated heterocycles. The molecule has 2 rings (SSSR count). The van der Waals surface area contributed by atoms with Crippen LogP contribution in [-0.4, -0.2) is 12.1 Å². The van der Waals surface area contributed by atoms with Crippen molar-refractivity contribution < 1.29 is 4.74 Å². The smallest absolute Gasteiger partial charge is 0.140 e. The quantitative estimate of drug-likeness (QED) is 0.624. The van der Waals surface area contributed by atoms with E-state index in [9.17, 15) is 0 Å². The zero-order chi connectivity index (χ0) is 10.8. The maximum Gasteiger partial charge on any atom is 0.140 e. The highest BCUT2D eigenvalue weighted by atomic mass is 35.5. The number of anilines is 1. The fourth-order valence-corrected chi connectivity index (χ4v) is 1.57. The first-order valence-electron chi connectivity index (χ1n) is 4.66. The van der Waals surface area contributed by atoms with Crippen LogP contribution in [0.4, 0.5) is 5.82 Å². The fraction of sp³-hybridized carbons (Fsp3) is 0.182. The number of methoxy groups -OCH3 is 1. The summed E-state index contributed by atoms with van der Waals surface area (Å²) in [5, 5.41) is 1.08. The van der Waals surface area contributed by atoms with E-state index in [4.69, 9.17) is 10.6 Å². The molecule has 2 aromatic rings. The number of nitrogens with two attached hydrogens (primary N) is 1. The Bertz CT molecular complexity index is 502. The lowest BCUT2D eigenvalue weighted by Crippen LogP contribution is -2.08. The number of nitrogens with one attached hydrogen (secondary N) is 1. The van der Waals surface area contributed by atoms with Crippen LogP contribution in [0.1, 0.15) is 5.56 Å². The second kappa shape index (κ2) is 5.01. The predicted octanol–water partition coefficient (Wildman–Crippen LogP) is 2.26. The van der Waals surface area contributed by atoms with Gasteiger partial charge in [-0.05, 0) is 36.8 Å². The normalized spacial score (nSPS) is 9.69. The van der Waals surface area contributed by atoms with E-state index in [1.165, 1.54) is 0 Å². The molecule has 86 valence electrons. The Kier molecular flexibility index (Phi) is 3.93. The van der Waals surface area contributed by atoms with Gasteiger partial charge in [-0.25, -0.2) is 10.8 Å². The summed E-state index contributed by atoms with van der Waals surface area (Å²) in [6.07, 6.45) is 0. The van der Waals surface area contributed by atoms with Crippen LogP contribution >= 0.6 is 12.4 Å². The number of halogens is 1. The molecule has 4 nitrogen and oxygen atoms in total. The summed E-state index contributed by atoms with van der Waals surface area (Å²) in [5.41, 5.74) is 4.57. The standard InChI is InChI=1S/C11H13N3O.ClH/c1-7-5-11(14-12)13-10-4-3-8(15-2)6-9(7)10;/h3-6H,12H2,1-2H3,(H,13,14);1H. The van der Waals surface area contributed by atoms with Crippen molar-refractivity contribution in [1.29, 1.82) is 0 Å². The number of benzene rings is 1. The van der Waals surface area contributed by atoms with Crippen molar-refractivity contribution in [3.8, 4) is 5.75 Å². The minimum atomic E-state index is 0. The van der Waals surface area contributed by atoms with Crippen molar-refractivity contribution in [1.82, 2.24) is 4.98 Å². The van der Waals surface area contributed by atoms with Gasteiger partial charge < -0.3 is 10.2 Å². The molecule has 0 fully saturated rings. The van der Waals surface area contributed by atoms with E-state index in [1.807, 2.05) is 31.2 Å². The minimum Gasteiger partial charge on any atom is -0.497 e. The van der Waals surface area contributed by atoms with Crippen LogP contribution in [-0.2, 0) is 0 Å². The summed E-state index contributed by atoms with van der Waals surface area (Å²) in [6, 6.07) is 7.68. The maximum atomic E-state index is 5.33. The molecule has 0 radical (unpaired) electrons. The van der Waals surface area contributed by atoms with Crippen molar-refractivity contribution in [3.05, 3.63) is 29.8 Å². The summed E-state index contributed by atoms with van der Waals surface area (Å²) >= 11 is 0. The topological polar surface area (TPSA) is 60.2 Å². The van der Waals surface area contributed by atoms with Crippen LogP contribution in [0, 0.1) is 6.92 Å². The third kappa shape index (κ3) is 2.18. The van der Waals surface area contributed by atoms with Crippen LogP contribution in [0.3, 0.4) is 0 Å². The molecular weight excluding hydrogens is 226 g/mol. The zero-order valence-electron chi connectivity index (χ0n) is 9.15. The van der Waals surface area contributed by atoms with Gasteiger partial charge in [0.05, 0.1) is 12.6 Å². The molecule has 3 N–H and O–H groups in total. The molecule has 0 spiro atoms. The van der Waals surface area contributed by atoms with E-state index in [1.54, 1.807) is 7.11 Å². The lowest BCUT2D eigenvalue weighted by atomic mass is 10.1. The lowest BCUT2D eigenvalue weighted by Gasteiger charge is -2.07. The van der Waals surface area contributed by atoms with Crippen molar-refractivity contribution in [2.75, 3.05) is 12.5 Å². The Labute approximate surface area is 100 Å². The number of hydrogen-bond acceptors (Lipinski definition) is 4.